The predicted molar refractivity (Wildman–Crippen MR) is 134 cm³/mol. The fourth-order valence-corrected chi connectivity index (χ4v) is 5.81. The summed E-state index contributed by atoms with van der Waals surface area (Å²) in [5.74, 6) is -0.697. The van der Waals surface area contributed by atoms with Crippen molar-refractivity contribution in [1.82, 2.24) is 29.0 Å². The molecule has 12 heteroatoms. The lowest BCUT2D eigenvalue weighted by Crippen LogP contribution is -2.29. The quantitative estimate of drug-likeness (QED) is 0.377. The molecule has 37 heavy (non-hydrogen) atoms. The molecule has 0 bridgehead atoms. The maximum atomic E-state index is 13.1. The third-order valence-corrected chi connectivity index (χ3v) is 8.23. The molecule has 2 aromatic carbocycles. The van der Waals surface area contributed by atoms with Gasteiger partial charge >= 0.3 is 0 Å². The molecule has 2 aromatic heterocycles. The molecule has 5 rings (SSSR count). The molecule has 4 aromatic rings. The molecule has 1 aliphatic heterocycles. The minimum absolute atomic E-state index is 0.171. The number of carbonyl (C=O) groups is 1. The van der Waals surface area contributed by atoms with Crippen LogP contribution < -0.4 is 10.9 Å². The van der Waals surface area contributed by atoms with E-state index in [0.29, 0.717) is 29.7 Å². The molecule has 1 fully saturated rings. The molecule has 10 nitrogen and oxygen atoms in total. The van der Waals surface area contributed by atoms with Crippen LogP contribution in [0.2, 0.25) is 0 Å². The summed E-state index contributed by atoms with van der Waals surface area (Å²) in [5, 5.41) is 7.35. The topological polar surface area (TPSA) is 119 Å². The minimum Gasteiger partial charge on any atom is -0.350 e. The largest absolute Gasteiger partial charge is 0.350 e. The van der Waals surface area contributed by atoms with Gasteiger partial charge in [-0.25, -0.2) is 22.5 Å². The number of aromatic nitrogens is 4. The molecule has 0 aliphatic carbocycles. The summed E-state index contributed by atoms with van der Waals surface area (Å²) < 4.78 is 42.8. The van der Waals surface area contributed by atoms with Crippen molar-refractivity contribution in [2.24, 2.45) is 0 Å². The number of halogens is 1. The summed E-state index contributed by atoms with van der Waals surface area (Å²) in [6, 6.07) is 11.8. The van der Waals surface area contributed by atoms with E-state index in [4.69, 9.17) is 0 Å². The van der Waals surface area contributed by atoms with E-state index in [-0.39, 0.29) is 41.8 Å². The highest BCUT2D eigenvalue weighted by atomic mass is 32.2. The van der Waals surface area contributed by atoms with Gasteiger partial charge in [0, 0.05) is 25.2 Å². The Balaban J connectivity index is 1.21. The Morgan fingerprint density at radius 3 is 2.43 bits per heavy atom. The van der Waals surface area contributed by atoms with E-state index in [0.717, 1.165) is 18.4 Å². The number of sulfonamides is 1. The van der Waals surface area contributed by atoms with Crippen molar-refractivity contribution in [1.29, 1.82) is 0 Å². The average molecular weight is 525 g/mol. The number of fused-ring (bicyclic) bond motifs is 1. The number of hydrogen-bond donors (Lipinski definition) is 1. The van der Waals surface area contributed by atoms with Crippen molar-refractivity contribution in [2.45, 2.75) is 30.8 Å². The van der Waals surface area contributed by atoms with Crippen LogP contribution in [0.5, 0.6) is 0 Å². The highest BCUT2D eigenvalue weighted by molar-refractivity contribution is 7.89. The number of nitrogens with zero attached hydrogens (tertiary/aromatic N) is 5. The first-order valence-corrected chi connectivity index (χ1v) is 13.3. The van der Waals surface area contributed by atoms with Crippen molar-refractivity contribution in [2.75, 3.05) is 19.6 Å². The van der Waals surface area contributed by atoms with E-state index < -0.39 is 10.0 Å². The third kappa shape index (κ3) is 5.16. The van der Waals surface area contributed by atoms with Crippen molar-refractivity contribution in [3.63, 3.8) is 0 Å². The molecular formula is C25H25FN6O4S. The lowest BCUT2D eigenvalue weighted by Gasteiger charge is -2.15. The zero-order chi connectivity index (χ0) is 26.0. The molecule has 1 aliphatic rings. The van der Waals surface area contributed by atoms with Gasteiger partial charge in [0.1, 0.15) is 17.5 Å². The number of hydrogen-bond acceptors (Lipinski definition) is 6. The predicted octanol–water partition coefficient (Wildman–Crippen LogP) is 1.99. The maximum absolute atomic E-state index is 13.1. The van der Waals surface area contributed by atoms with Gasteiger partial charge in [-0.2, -0.15) is 9.40 Å². The number of rotatable bonds is 8. The van der Waals surface area contributed by atoms with Crippen LogP contribution in [0, 0.1) is 5.82 Å². The van der Waals surface area contributed by atoms with E-state index in [1.54, 1.807) is 12.1 Å². The van der Waals surface area contributed by atoms with Gasteiger partial charge in [0.15, 0.2) is 5.65 Å². The molecule has 1 saturated heterocycles. The van der Waals surface area contributed by atoms with Crippen LogP contribution in [0.4, 0.5) is 4.39 Å². The van der Waals surface area contributed by atoms with E-state index in [1.807, 2.05) is 0 Å². The van der Waals surface area contributed by atoms with Gasteiger partial charge in [0.05, 0.1) is 24.2 Å². The van der Waals surface area contributed by atoms with Gasteiger partial charge in [-0.05, 0) is 54.8 Å². The summed E-state index contributed by atoms with van der Waals surface area (Å²) in [7, 11) is -3.53. The Morgan fingerprint density at radius 1 is 1.03 bits per heavy atom. The fraction of sp³-hybridized carbons (Fsp3) is 0.280. The average Bonchev–Trinajstić information content (AvgIpc) is 3.59. The Labute approximate surface area is 212 Å². The molecule has 192 valence electrons. The highest BCUT2D eigenvalue weighted by Gasteiger charge is 2.27. The minimum atomic E-state index is -3.53. The first-order valence-electron chi connectivity index (χ1n) is 11.9. The van der Waals surface area contributed by atoms with Gasteiger partial charge < -0.3 is 5.32 Å². The van der Waals surface area contributed by atoms with Crippen LogP contribution >= 0.6 is 0 Å². The second kappa shape index (κ2) is 10.2. The van der Waals surface area contributed by atoms with Gasteiger partial charge in [-0.3, -0.25) is 14.2 Å². The van der Waals surface area contributed by atoms with Crippen molar-refractivity contribution < 1.29 is 17.6 Å². The molecule has 0 saturated carbocycles. The summed E-state index contributed by atoms with van der Waals surface area (Å²) in [6.07, 6.45) is 4.57. The number of carbonyl (C=O) groups excluding carboxylic acids is 1. The first-order chi connectivity index (χ1) is 17.8. The van der Waals surface area contributed by atoms with Crippen LogP contribution in [0.15, 0.2) is 70.7 Å². The van der Waals surface area contributed by atoms with Crippen LogP contribution in [0.1, 0.15) is 28.8 Å². The Bertz CT molecular complexity index is 1590. The number of amides is 1. The molecule has 0 radical (unpaired) electrons. The van der Waals surface area contributed by atoms with Crippen LogP contribution in [-0.4, -0.2) is 57.6 Å². The molecule has 1 amide bonds. The van der Waals surface area contributed by atoms with E-state index in [1.165, 1.54) is 62.5 Å². The summed E-state index contributed by atoms with van der Waals surface area (Å²) in [4.78, 5) is 29.9. The van der Waals surface area contributed by atoms with Crippen LogP contribution in [0.3, 0.4) is 0 Å². The SMILES string of the molecule is O=C(NCCn1ncc2c(=O)n(Cc3ccc(F)cc3)cnc21)c1ccc(S(=O)(=O)N2CCCC2)cc1. The summed E-state index contributed by atoms with van der Waals surface area (Å²) in [6.45, 7) is 1.80. The Hall–Kier alpha value is -3.90. The third-order valence-electron chi connectivity index (χ3n) is 6.32. The zero-order valence-corrected chi connectivity index (χ0v) is 20.7. The van der Waals surface area contributed by atoms with Crippen LogP contribution in [-0.2, 0) is 23.1 Å². The van der Waals surface area contributed by atoms with Crippen molar-refractivity contribution in [3.05, 3.63) is 88.4 Å². The molecule has 3 heterocycles. The number of nitrogens with one attached hydrogen (secondary N) is 1. The second-order valence-corrected chi connectivity index (χ2v) is 10.7. The van der Waals surface area contributed by atoms with E-state index >= 15 is 0 Å². The summed E-state index contributed by atoms with van der Waals surface area (Å²) in [5.41, 5.74) is 1.23. The van der Waals surface area contributed by atoms with Crippen molar-refractivity contribution in [3.8, 4) is 0 Å². The Morgan fingerprint density at radius 2 is 1.73 bits per heavy atom. The van der Waals surface area contributed by atoms with Gasteiger partial charge in [0.25, 0.3) is 11.5 Å². The standard InChI is InChI=1S/C25H25FN6O4S/c26-20-7-3-18(4-8-20)16-30-17-28-23-22(25(30)34)15-29-32(23)14-11-27-24(33)19-5-9-21(10-6-19)37(35,36)31-12-1-2-13-31/h3-10,15,17H,1-2,11-14,16H2,(H,27,33). The molecule has 1 N–H and O–H groups in total. The van der Waals surface area contributed by atoms with Crippen molar-refractivity contribution >= 4 is 27.0 Å². The monoisotopic (exact) mass is 524 g/mol. The summed E-state index contributed by atoms with van der Waals surface area (Å²) >= 11 is 0. The maximum Gasteiger partial charge on any atom is 0.264 e. The Kier molecular flexibility index (Phi) is 6.85. The smallest absolute Gasteiger partial charge is 0.264 e. The number of benzene rings is 2. The normalized spacial score (nSPS) is 14.3. The van der Waals surface area contributed by atoms with E-state index in [2.05, 4.69) is 15.4 Å². The van der Waals surface area contributed by atoms with Gasteiger partial charge in [0.2, 0.25) is 10.0 Å². The van der Waals surface area contributed by atoms with E-state index in [9.17, 15) is 22.4 Å². The lowest BCUT2D eigenvalue weighted by molar-refractivity contribution is 0.0952. The van der Waals surface area contributed by atoms with Crippen LogP contribution in [0.25, 0.3) is 11.0 Å². The molecular weight excluding hydrogens is 499 g/mol. The van der Waals surface area contributed by atoms with Gasteiger partial charge in [-0.1, -0.05) is 12.1 Å². The molecule has 0 atom stereocenters. The second-order valence-electron chi connectivity index (χ2n) is 8.80. The first kappa shape index (κ1) is 24.8. The van der Waals surface area contributed by atoms with Gasteiger partial charge in [-0.15, -0.1) is 0 Å². The lowest BCUT2D eigenvalue weighted by atomic mass is 10.2. The molecule has 0 unspecified atom stereocenters. The zero-order valence-electron chi connectivity index (χ0n) is 19.9. The molecule has 0 spiro atoms. The fourth-order valence-electron chi connectivity index (χ4n) is 4.29. The highest BCUT2D eigenvalue weighted by Crippen LogP contribution is 2.21.